The quantitative estimate of drug-likeness (QED) is 0.510. The van der Waals surface area contributed by atoms with Crippen LogP contribution >= 0.6 is 0 Å². The highest BCUT2D eigenvalue weighted by atomic mass is 16.5. The molecular formula is C24H33N7O. The second-order valence-electron chi connectivity index (χ2n) is 9.08. The lowest BCUT2D eigenvalue weighted by Gasteiger charge is -2.27. The third-order valence-electron chi connectivity index (χ3n) is 6.88. The summed E-state index contributed by atoms with van der Waals surface area (Å²) in [5.41, 5.74) is 8.90. The number of hydrogen-bond acceptors (Lipinski definition) is 7. The lowest BCUT2D eigenvalue weighted by molar-refractivity contribution is 0.409. The van der Waals surface area contributed by atoms with Crippen molar-refractivity contribution in [3.8, 4) is 5.75 Å². The fraction of sp³-hybridized carbons (Fsp3) is 0.542. The first-order chi connectivity index (χ1) is 15.7. The van der Waals surface area contributed by atoms with Crippen molar-refractivity contribution in [2.75, 3.05) is 17.7 Å². The molecule has 4 N–H and O–H groups in total. The van der Waals surface area contributed by atoms with Crippen molar-refractivity contribution in [3.63, 3.8) is 0 Å². The smallest absolute Gasteiger partial charge is 0.227 e. The van der Waals surface area contributed by atoms with E-state index in [9.17, 15) is 0 Å². The molecule has 0 unspecified atom stereocenters. The molecule has 3 aromatic rings. The topological polar surface area (TPSA) is 103 Å². The Labute approximate surface area is 189 Å². The first-order valence-electron chi connectivity index (χ1n) is 11.8. The van der Waals surface area contributed by atoms with Crippen LogP contribution in [0.5, 0.6) is 5.75 Å². The Morgan fingerprint density at radius 1 is 1.06 bits per heavy atom. The van der Waals surface area contributed by atoms with Crippen LogP contribution in [0.2, 0.25) is 0 Å². The van der Waals surface area contributed by atoms with Crippen molar-refractivity contribution >= 4 is 22.9 Å². The van der Waals surface area contributed by atoms with Crippen molar-refractivity contribution in [1.29, 1.82) is 0 Å². The van der Waals surface area contributed by atoms with Crippen molar-refractivity contribution in [2.24, 2.45) is 5.73 Å². The summed E-state index contributed by atoms with van der Waals surface area (Å²) in [6, 6.07) is 9.18. The van der Waals surface area contributed by atoms with Gasteiger partial charge < -0.3 is 25.7 Å². The molecule has 1 aromatic carbocycles. The molecule has 2 aromatic heterocycles. The highest BCUT2D eigenvalue weighted by molar-refractivity contribution is 5.84. The molecule has 0 radical (unpaired) electrons. The van der Waals surface area contributed by atoms with Gasteiger partial charge in [0.15, 0.2) is 17.0 Å². The second kappa shape index (κ2) is 9.32. The highest BCUT2D eigenvalue weighted by Crippen LogP contribution is 2.33. The average Bonchev–Trinajstić information content (AvgIpc) is 3.49. The molecule has 32 heavy (non-hydrogen) atoms. The van der Waals surface area contributed by atoms with Gasteiger partial charge in [-0.2, -0.15) is 9.97 Å². The molecule has 0 saturated heterocycles. The minimum Gasteiger partial charge on any atom is -0.496 e. The van der Waals surface area contributed by atoms with Gasteiger partial charge in [0.1, 0.15) is 5.75 Å². The van der Waals surface area contributed by atoms with Gasteiger partial charge in [-0.25, -0.2) is 4.98 Å². The zero-order valence-corrected chi connectivity index (χ0v) is 18.8. The van der Waals surface area contributed by atoms with Crippen molar-refractivity contribution in [3.05, 3.63) is 36.2 Å². The van der Waals surface area contributed by atoms with E-state index in [2.05, 4.69) is 21.3 Å². The van der Waals surface area contributed by atoms with Gasteiger partial charge in [-0.15, -0.1) is 0 Å². The van der Waals surface area contributed by atoms with E-state index in [0.29, 0.717) is 30.6 Å². The normalized spacial score (nSPS) is 21.7. The van der Waals surface area contributed by atoms with E-state index in [0.717, 1.165) is 54.0 Å². The maximum Gasteiger partial charge on any atom is 0.227 e. The number of para-hydroxylation sites is 1. The molecular weight excluding hydrogens is 402 g/mol. The Kier molecular flexibility index (Phi) is 6.12. The molecule has 0 spiro atoms. The van der Waals surface area contributed by atoms with Gasteiger partial charge in [-0.3, -0.25) is 0 Å². The van der Waals surface area contributed by atoms with Crippen LogP contribution in [0.4, 0.5) is 11.8 Å². The number of hydrogen-bond donors (Lipinski definition) is 3. The van der Waals surface area contributed by atoms with Gasteiger partial charge >= 0.3 is 0 Å². The number of anilines is 2. The van der Waals surface area contributed by atoms with Crippen molar-refractivity contribution in [1.82, 2.24) is 19.5 Å². The Morgan fingerprint density at radius 2 is 1.84 bits per heavy atom. The van der Waals surface area contributed by atoms with Gasteiger partial charge in [0.2, 0.25) is 5.95 Å². The molecule has 0 bridgehead atoms. The minimum absolute atomic E-state index is 0.318. The largest absolute Gasteiger partial charge is 0.496 e. The fourth-order valence-electron chi connectivity index (χ4n) is 5.03. The summed E-state index contributed by atoms with van der Waals surface area (Å²) in [6.45, 7) is 0.601. The van der Waals surface area contributed by atoms with Gasteiger partial charge in [-0.05, 0) is 44.6 Å². The molecule has 2 aliphatic carbocycles. The van der Waals surface area contributed by atoms with E-state index < -0.39 is 0 Å². The number of nitrogens with zero attached hydrogens (tertiary/aromatic N) is 4. The first kappa shape index (κ1) is 21.0. The maximum atomic E-state index is 6.09. The van der Waals surface area contributed by atoms with Crippen LogP contribution < -0.4 is 21.1 Å². The van der Waals surface area contributed by atoms with Gasteiger partial charge in [-0.1, -0.05) is 31.0 Å². The lowest BCUT2D eigenvalue weighted by atomic mass is 9.92. The van der Waals surface area contributed by atoms with Crippen LogP contribution in [0.15, 0.2) is 30.6 Å². The maximum absolute atomic E-state index is 6.09. The number of ether oxygens (including phenoxy) is 1. The summed E-state index contributed by atoms with van der Waals surface area (Å²) in [5.74, 6) is 2.28. The van der Waals surface area contributed by atoms with Crippen LogP contribution in [0, 0.1) is 0 Å². The van der Waals surface area contributed by atoms with Crippen LogP contribution in [0.1, 0.15) is 63.0 Å². The number of nitrogens with one attached hydrogen (secondary N) is 2. The number of imidazole rings is 1. The molecule has 0 atom stereocenters. The van der Waals surface area contributed by atoms with E-state index in [-0.39, 0.29) is 0 Å². The average molecular weight is 436 g/mol. The standard InChI is InChI=1S/C24H33N7O/c1-32-20-9-5-2-6-16(20)14-26-22-21-23(31(15-27-21)19-7-3-4-8-19)30-24(29-22)28-18-12-10-17(25)11-13-18/h2,5-6,9,15,17-19H,3-4,7-8,10-14,25H2,1H3,(H2,26,28,29,30)/t17-,18-. The number of methoxy groups -OCH3 is 1. The first-order valence-corrected chi connectivity index (χ1v) is 11.8. The molecule has 2 heterocycles. The molecule has 8 heteroatoms. The zero-order valence-electron chi connectivity index (χ0n) is 18.8. The minimum atomic E-state index is 0.318. The van der Waals surface area contributed by atoms with Crippen LogP contribution in [-0.4, -0.2) is 38.7 Å². The number of rotatable bonds is 7. The van der Waals surface area contributed by atoms with Crippen LogP contribution in [0.25, 0.3) is 11.2 Å². The Morgan fingerprint density at radius 3 is 2.62 bits per heavy atom. The summed E-state index contributed by atoms with van der Waals surface area (Å²) in [5, 5.41) is 7.08. The summed E-state index contributed by atoms with van der Waals surface area (Å²) in [4.78, 5) is 14.5. The molecule has 8 nitrogen and oxygen atoms in total. The molecule has 0 amide bonds. The summed E-state index contributed by atoms with van der Waals surface area (Å²) < 4.78 is 7.76. The van der Waals surface area contributed by atoms with E-state index in [1.165, 1.54) is 25.7 Å². The van der Waals surface area contributed by atoms with Gasteiger partial charge in [0.25, 0.3) is 0 Å². The summed E-state index contributed by atoms with van der Waals surface area (Å²) in [6.07, 6.45) is 11.0. The Balaban J connectivity index is 1.45. The second-order valence-corrected chi connectivity index (χ2v) is 9.08. The molecule has 2 aliphatic rings. The highest BCUT2D eigenvalue weighted by Gasteiger charge is 2.24. The monoisotopic (exact) mass is 435 g/mol. The lowest BCUT2D eigenvalue weighted by Crippen LogP contribution is -2.33. The zero-order chi connectivity index (χ0) is 21.9. The Bertz CT molecular complexity index is 1050. The fourth-order valence-corrected chi connectivity index (χ4v) is 5.03. The summed E-state index contributed by atoms with van der Waals surface area (Å²) >= 11 is 0. The SMILES string of the molecule is COc1ccccc1CNc1nc(N[C@H]2CC[C@H](N)CC2)nc2c1ncn2C1CCCC1. The number of nitrogens with two attached hydrogens (primary N) is 1. The van der Waals surface area contributed by atoms with E-state index in [1.807, 2.05) is 24.5 Å². The van der Waals surface area contributed by atoms with Crippen molar-refractivity contribution in [2.45, 2.75) is 76.0 Å². The molecule has 170 valence electrons. The van der Waals surface area contributed by atoms with Crippen LogP contribution in [0.3, 0.4) is 0 Å². The predicted octanol–water partition coefficient (Wildman–Crippen LogP) is 4.24. The number of fused-ring (bicyclic) bond motifs is 1. The van der Waals surface area contributed by atoms with Gasteiger partial charge in [0, 0.05) is 30.2 Å². The number of benzene rings is 1. The third-order valence-corrected chi connectivity index (χ3v) is 6.88. The van der Waals surface area contributed by atoms with Gasteiger partial charge in [0.05, 0.1) is 13.4 Å². The number of aromatic nitrogens is 4. The van der Waals surface area contributed by atoms with E-state index in [4.69, 9.17) is 25.4 Å². The van der Waals surface area contributed by atoms with Crippen molar-refractivity contribution < 1.29 is 4.74 Å². The predicted molar refractivity (Wildman–Crippen MR) is 127 cm³/mol. The third kappa shape index (κ3) is 4.37. The molecule has 5 rings (SSSR count). The molecule has 0 aliphatic heterocycles. The van der Waals surface area contributed by atoms with E-state index >= 15 is 0 Å². The summed E-state index contributed by atoms with van der Waals surface area (Å²) in [7, 11) is 1.70. The Hall–Kier alpha value is -2.87. The molecule has 2 fully saturated rings. The van der Waals surface area contributed by atoms with E-state index in [1.54, 1.807) is 7.11 Å². The van der Waals surface area contributed by atoms with Crippen LogP contribution in [-0.2, 0) is 6.54 Å². The molecule has 2 saturated carbocycles.